The van der Waals surface area contributed by atoms with E-state index in [-0.39, 0.29) is 0 Å². The molecule has 3 nitrogen and oxygen atoms in total. The second-order valence-electron chi connectivity index (χ2n) is 1.83. The smallest absolute Gasteiger partial charge is 0.0644 e. The standard InChI is InChI=1S/C7H9N3/c8-4-2-1-3-7-5-9-10-6-7/h5-6H,2,4,8H2,(H,9,10). The molecule has 0 atom stereocenters. The Morgan fingerprint density at radius 1 is 1.70 bits per heavy atom. The van der Waals surface area contributed by atoms with Crippen LogP contribution in [0.15, 0.2) is 12.4 Å². The van der Waals surface area contributed by atoms with Gasteiger partial charge in [-0.2, -0.15) is 5.10 Å². The van der Waals surface area contributed by atoms with E-state index in [4.69, 9.17) is 5.73 Å². The SMILES string of the molecule is NCCC#Cc1cn[nH]c1. The van der Waals surface area contributed by atoms with E-state index in [0.717, 1.165) is 12.0 Å². The summed E-state index contributed by atoms with van der Waals surface area (Å²) in [6.45, 7) is 0.616. The first kappa shape index (κ1) is 6.84. The average molecular weight is 135 g/mol. The van der Waals surface area contributed by atoms with Gasteiger partial charge in [-0.25, -0.2) is 0 Å². The zero-order valence-electron chi connectivity index (χ0n) is 5.59. The van der Waals surface area contributed by atoms with Crippen LogP contribution in [-0.4, -0.2) is 16.7 Å². The van der Waals surface area contributed by atoms with Gasteiger partial charge in [-0.3, -0.25) is 5.10 Å². The molecule has 0 saturated carbocycles. The molecule has 1 aromatic rings. The van der Waals surface area contributed by atoms with Gasteiger partial charge in [0.2, 0.25) is 0 Å². The third-order valence-corrected chi connectivity index (χ3v) is 1.00. The van der Waals surface area contributed by atoms with E-state index >= 15 is 0 Å². The zero-order chi connectivity index (χ0) is 7.23. The highest BCUT2D eigenvalue weighted by molar-refractivity contribution is 5.28. The van der Waals surface area contributed by atoms with Crippen LogP contribution in [0.1, 0.15) is 12.0 Å². The van der Waals surface area contributed by atoms with Gasteiger partial charge in [-0.05, 0) is 0 Å². The van der Waals surface area contributed by atoms with E-state index in [0.29, 0.717) is 6.54 Å². The Kier molecular flexibility index (Phi) is 2.53. The number of aromatic amines is 1. The Morgan fingerprint density at radius 2 is 2.60 bits per heavy atom. The summed E-state index contributed by atoms with van der Waals surface area (Å²) in [6.07, 6.45) is 4.18. The van der Waals surface area contributed by atoms with Crippen molar-refractivity contribution < 1.29 is 0 Å². The van der Waals surface area contributed by atoms with Gasteiger partial charge < -0.3 is 5.73 Å². The van der Waals surface area contributed by atoms with Crippen molar-refractivity contribution in [2.75, 3.05) is 6.54 Å². The third-order valence-electron chi connectivity index (χ3n) is 1.00. The summed E-state index contributed by atoms with van der Waals surface area (Å²) >= 11 is 0. The molecule has 1 rings (SSSR count). The van der Waals surface area contributed by atoms with Crippen LogP contribution in [0.4, 0.5) is 0 Å². The molecule has 0 aliphatic rings. The molecule has 10 heavy (non-hydrogen) atoms. The summed E-state index contributed by atoms with van der Waals surface area (Å²) < 4.78 is 0. The lowest BCUT2D eigenvalue weighted by Crippen LogP contribution is -1.95. The van der Waals surface area contributed by atoms with Crippen molar-refractivity contribution in [3.8, 4) is 11.8 Å². The molecular weight excluding hydrogens is 126 g/mol. The molecular formula is C7H9N3. The molecule has 1 aromatic heterocycles. The van der Waals surface area contributed by atoms with E-state index in [1.54, 1.807) is 12.4 Å². The predicted octanol–water partition coefficient (Wildman–Crippen LogP) is 0.110. The van der Waals surface area contributed by atoms with Crippen LogP contribution in [0.2, 0.25) is 0 Å². The molecule has 0 spiro atoms. The van der Waals surface area contributed by atoms with Crippen molar-refractivity contribution in [3.63, 3.8) is 0 Å². The molecule has 0 fully saturated rings. The van der Waals surface area contributed by atoms with Crippen molar-refractivity contribution in [2.24, 2.45) is 5.73 Å². The maximum Gasteiger partial charge on any atom is 0.0644 e. The number of H-pyrrole nitrogens is 1. The van der Waals surface area contributed by atoms with Gasteiger partial charge in [0.25, 0.3) is 0 Å². The number of rotatable bonds is 1. The number of nitrogens with zero attached hydrogens (tertiary/aromatic N) is 1. The molecule has 1 heterocycles. The number of nitrogens with two attached hydrogens (primary N) is 1. The Balaban J connectivity index is 2.49. The molecule has 0 aliphatic carbocycles. The second kappa shape index (κ2) is 3.70. The van der Waals surface area contributed by atoms with Crippen molar-refractivity contribution in [2.45, 2.75) is 6.42 Å². The molecule has 3 N–H and O–H groups in total. The minimum Gasteiger partial charge on any atom is -0.330 e. The first-order valence-electron chi connectivity index (χ1n) is 3.11. The molecule has 0 aliphatic heterocycles. The van der Waals surface area contributed by atoms with Crippen LogP contribution >= 0.6 is 0 Å². The lowest BCUT2D eigenvalue weighted by molar-refractivity contribution is 1.03. The summed E-state index contributed by atoms with van der Waals surface area (Å²) in [5.74, 6) is 5.80. The normalized spacial score (nSPS) is 8.50. The quantitative estimate of drug-likeness (QED) is 0.537. The van der Waals surface area contributed by atoms with Gasteiger partial charge in [0.1, 0.15) is 0 Å². The monoisotopic (exact) mass is 135 g/mol. The fourth-order valence-corrected chi connectivity index (χ4v) is 0.556. The lowest BCUT2D eigenvalue weighted by Gasteiger charge is -1.77. The Hall–Kier alpha value is -1.27. The zero-order valence-corrected chi connectivity index (χ0v) is 5.59. The van der Waals surface area contributed by atoms with Crippen LogP contribution in [0.25, 0.3) is 0 Å². The summed E-state index contributed by atoms with van der Waals surface area (Å²) in [4.78, 5) is 0. The van der Waals surface area contributed by atoms with E-state index in [1.165, 1.54) is 0 Å². The van der Waals surface area contributed by atoms with Crippen LogP contribution in [0, 0.1) is 11.8 Å². The van der Waals surface area contributed by atoms with Gasteiger partial charge in [-0.1, -0.05) is 11.8 Å². The number of nitrogens with one attached hydrogen (secondary N) is 1. The van der Waals surface area contributed by atoms with Gasteiger partial charge in [0.05, 0.1) is 11.8 Å². The van der Waals surface area contributed by atoms with Crippen molar-refractivity contribution in [1.29, 1.82) is 0 Å². The number of aromatic nitrogens is 2. The molecule has 0 radical (unpaired) electrons. The van der Waals surface area contributed by atoms with Crippen LogP contribution < -0.4 is 5.73 Å². The van der Waals surface area contributed by atoms with Crippen molar-refractivity contribution in [1.82, 2.24) is 10.2 Å². The van der Waals surface area contributed by atoms with Gasteiger partial charge in [-0.15, -0.1) is 0 Å². The maximum absolute atomic E-state index is 5.24. The van der Waals surface area contributed by atoms with Gasteiger partial charge >= 0.3 is 0 Å². The number of hydrogen-bond donors (Lipinski definition) is 2. The van der Waals surface area contributed by atoms with Crippen LogP contribution in [0.3, 0.4) is 0 Å². The third kappa shape index (κ3) is 1.92. The molecule has 0 saturated heterocycles. The van der Waals surface area contributed by atoms with E-state index in [1.807, 2.05) is 0 Å². The summed E-state index contributed by atoms with van der Waals surface area (Å²) in [7, 11) is 0. The van der Waals surface area contributed by atoms with Crippen LogP contribution in [0.5, 0.6) is 0 Å². The molecule has 52 valence electrons. The maximum atomic E-state index is 5.24. The highest BCUT2D eigenvalue weighted by atomic mass is 15.1. The first-order valence-corrected chi connectivity index (χ1v) is 3.11. The van der Waals surface area contributed by atoms with E-state index < -0.39 is 0 Å². The molecule has 0 bridgehead atoms. The minimum atomic E-state index is 0.616. The summed E-state index contributed by atoms with van der Waals surface area (Å²) in [6, 6.07) is 0. The van der Waals surface area contributed by atoms with E-state index in [9.17, 15) is 0 Å². The molecule has 0 aromatic carbocycles. The second-order valence-corrected chi connectivity index (χ2v) is 1.83. The fraction of sp³-hybridized carbons (Fsp3) is 0.286. The molecule has 0 unspecified atom stereocenters. The average Bonchev–Trinajstić information content (AvgIpc) is 2.41. The minimum absolute atomic E-state index is 0.616. The summed E-state index contributed by atoms with van der Waals surface area (Å²) in [5, 5.41) is 6.42. The van der Waals surface area contributed by atoms with Crippen LogP contribution in [-0.2, 0) is 0 Å². The number of hydrogen-bond acceptors (Lipinski definition) is 2. The van der Waals surface area contributed by atoms with Gasteiger partial charge in [0, 0.05) is 19.2 Å². The summed E-state index contributed by atoms with van der Waals surface area (Å²) in [5.41, 5.74) is 6.15. The first-order chi connectivity index (χ1) is 4.93. The predicted molar refractivity (Wildman–Crippen MR) is 39.1 cm³/mol. The van der Waals surface area contributed by atoms with Gasteiger partial charge in [0.15, 0.2) is 0 Å². The Morgan fingerprint density at radius 3 is 3.20 bits per heavy atom. The van der Waals surface area contributed by atoms with Crippen molar-refractivity contribution in [3.05, 3.63) is 18.0 Å². The van der Waals surface area contributed by atoms with Crippen molar-refractivity contribution >= 4 is 0 Å². The largest absolute Gasteiger partial charge is 0.330 e. The lowest BCUT2D eigenvalue weighted by atomic mass is 10.3. The topological polar surface area (TPSA) is 54.7 Å². The fourth-order valence-electron chi connectivity index (χ4n) is 0.556. The molecule has 0 amide bonds. The molecule has 3 heteroatoms. The van der Waals surface area contributed by atoms with E-state index in [2.05, 4.69) is 22.0 Å². The highest BCUT2D eigenvalue weighted by Crippen LogP contribution is 1.88. The Labute approximate surface area is 59.6 Å². The highest BCUT2D eigenvalue weighted by Gasteiger charge is 1.82. The Bertz CT molecular complexity index is 227.